The molecule has 0 aliphatic heterocycles. The van der Waals surface area contributed by atoms with Gasteiger partial charge in [0.25, 0.3) is 5.91 Å². The molecular formula is C24H28FN3O7. The molecule has 0 saturated heterocycles. The highest BCUT2D eigenvalue weighted by Gasteiger charge is 2.72. The van der Waals surface area contributed by atoms with Crippen molar-refractivity contribution in [3.63, 3.8) is 0 Å². The molecule has 3 aliphatic rings. The Balaban J connectivity index is 2.11. The Morgan fingerprint density at radius 1 is 1.23 bits per heavy atom. The number of ketones is 2. The molecular weight excluding hydrogens is 461 g/mol. The molecule has 0 bridgehead atoms. The number of phenolic OH excluding ortho intramolecular Hbond substituents is 1. The van der Waals surface area contributed by atoms with Crippen LogP contribution in [0, 0.1) is 16.6 Å². The predicted octanol–water partition coefficient (Wildman–Crippen LogP) is 0.342. The molecule has 1 aromatic rings. The lowest BCUT2D eigenvalue weighted by Crippen LogP contribution is -2.72. The van der Waals surface area contributed by atoms with Crippen LogP contribution in [-0.2, 0) is 27.3 Å². The fraction of sp³-hybridized carbons (Fsp3) is 0.458. The third kappa shape index (κ3) is 2.82. The normalized spacial score (nSPS) is 32.5. The topological polar surface area (TPSA) is 187 Å². The van der Waals surface area contributed by atoms with Gasteiger partial charge in [0, 0.05) is 22.9 Å². The minimum absolute atomic E-state index is 0.0149. The summed E-state index contributed by atoms with van der Waals surface area (Å²) in [6.07, 6.45) is -0.102. The maximum Gasteiger partial charge on any atom is 0.255 e. The Hall–Kier alpha value is -3.28. The van der Waals surface area contributed by atoms with E-state index < -0.39 is 68.6 Å². The number of phenols is 1. The van der Waals surface area contributed by atoms with Crippen LogP contribution in [0.25, 0.3) is 5.76 Å². The van der Waals surface area contributed by atoms with Crippen LogP contribution < -0.4 is 11.5 Å². The van der Waals surface area contributed by atoms with Crippen LogP contribution in [0.3, 0.4) is 0 Å². The molecule has 0 aromatic heterocycles. The lowest BCUT2D eigenvalue weighted by Gasteiger charge is -2.59. The number of aliphatic hydroxyl groups is 3. The van der Waals surface area contributed by atoms with E-state index >= 15 is 0 Å². The highest BCUT2D eigenvalue weighted by molar-refractivity contribution is 6.25. The van der Waals surface area contributed by atoms with Crippen LogP contribution in [0.5, 0.6) is 5.75 Å². The second-order valence-electron chi connectivity index (χ2n) is 10.3. The summed E-state index contributed by atoms with van der Waals surface area (Å²) in [5.41, 5.74) is 4.45. The molecule has 35 heavy (non-hydrogen) atoms. The van der Waals surface area contributed by atoms with Crippen LogP contribution in [0.1, 0.15) is 37.0 Å². The number of halogens is 1. The summed E-state index contributed by atoms with van der Waals surface area (Å²) in [6, 6.07) is -0.189. The number of amides is 1. The average molecular weight is 490 g/mol. The number of primary amides is 1. The standard InChI is InChI=1S/C24H28FN3O7/c1-22-6-10-9(7-26)5-11(25)15(29)12(10)16(30)14(22)20(33)24(35)19(32)13(21(27)34)17(31)18(28(3)4)23(24,2)8-22/h5,18,29-30,32,35H,6-8,26H2,1-4H3,(H2,27,34)/t18-,22+,23+,24-/m1/s1. The Labute approximate surface area is 200 Å². The molecule has 0 unspecified atom stereocenters. The maximum atomic E-state index is 14.4. The number of carbonyl (C=O) groups is 3. The number of rotatable bonds is 3. The van der Waals surface area contributed by atoms with Crippen LogP contribution in [0.2, 0.25) is 0 Å². The van der Waals surface area contributed by atoms with Gasteiger partial charge in [-0.2, -0.15) is 0 Å². The SMILES string of the molecule is CN(C)[C@@H]1C(=O)C(C(N)=O)=C(O)[C@@]2(O)C(=O)C3=C(O)c4c(O)c(F)cc(CN)c4C[C@@]3(C)C[C@@]12C. The van der Waals surface area contributed by atoms with Crippen LogP contribution in [0.15, 0.2) is 23.0 Å². The predicted molar refractivity (Wildman–Crippen MR) is 121 cm³/mol. The zero-order valence-corrected chi connectivity index (χ0v) is 19.8. The molecule has 1 aromatic carbocycles. The van der Waals surface area contributed by atoms with E-state index in [4.69, 9.17) is 11.5 Å². The number of hydrogen-bond donors (Lipinski definition) is 6. The van der Waals surface area contributed by atoms with Crippen LogP contribution in [0.4, 0.5) is 4.39 Å². The molecule has 8 N–H and O–H groups in total. The number of aromatic hydroxyl groups is 1. The first-order valence-corrected chi connectivity index (χ1v) is 11.0. The summed E-state index contributed by atoms with van der Waals surface area (Å²) in [4.78, 5) is 40.8. The number of benzene rings is 1. The first-order chi connectivity index (χ1) is 16.1. The number of nitrogens with zero attached hydrogens (tertiary/aromatic N) is 1. The molecule has 3 aliphatic carbocycles. The van der Waals surface area contributed by atoms with Crippen molar-refractivity contribution in [2.24, 2.45) is 22.3 Å². The summed E-state index contributed by atoms with van der Waals surface area (Å²) in [7, 11) is 3.04. The number of likely N-dealkylation sites (N-methyl/N-ethyl adjacent to an activating group) is 1. The van der Waals surface area contributed by atoms with E-state index in [2.05, 4.69) is 0 Å². The number of fused-ring (bicyclic) bond motifs is 3. The summed E-state index contributed by atoms with van der Waals surface area (Å²) >= 11 is 0. The van der Waals surface area contributed by atoms with Gasteiger partial charge < -0.3 is 31.9 Å². The molecule has 4 atom stereocenters. The van der Waals surface area contributed by atoms with Crippen LogP contribution in [-0.4, -0.2) is 68.5 Å². The Morgan fingerprint density at radius 3 is 2.34 bits per heavy atom. The van der Waals surface area contributed by atoms with Crippen molar-refractivity contribution in [1.29, 1.82) is 0 Å². The smallest absolute Gasteiger partial charge is 0.255 e. The molecule has 1 amide bonds. The zero-order chi connectivity index (χ0) is 26.4. The third-order valence-electron chi connectivity index (χ3n) is 7.90. The lowest BCUT2D eigenvalue weighted by molar-refractivity contribution is -0.176. The minimum Gasteiger partial charge on any atom is -0.508 e. The van der Waals surface area contributed by atoms with Crippen molar-refractivity contribution in [2.75, 3.05) is 14.1 Å². The third-order valence-corrected chi connectivity index (χ3v) is 7.90. The van der Waals surface area contributed by atoms with Gasteiger partial charge in [0.1, 0.15) is 17.1 Å². The van der Waals surface area contributed by atoms with E-state index in [1.165, 1.54) is 25.9 Å². The molecule has 188 valence electrons. The number of Topliss-reactive ketones (excluding diaryl/α,β-unsaturated/α-hetero) is 2. The number of carbonyl (C=O) groups excluding carboxylic acids is 3. The fourth-order valence-corrected chi connectivity index (χ4v) is 6.61. The largest absolute Gasteiger partial charge is 0.508 e. The molecule has 0 radical (unpaired) electrons. The molecule has 0 spiro atoms. The number of aliphatic hydroxyl groups excluding tert-OH is 2. The van der Waals surface area contributed by atoms with Crippen molar-refractivity contribution in [2.45, 2.75) is 44.9 Å². The zero-order valence-electron chi connectivity index (χ0n) is 19.8. The van der Waals surface area contributed by atoms with Gasteiger partial charge in [0.2, 0.25) is 5.78 Å². The molecule has 4 rings (SSSR count). The summed E-state index contributed by atoms with van der Waals surface area (Å²) in [6.45, 7) is 2.96. The van der Waals surface area contributed by atoms with Crippen molar-refractivity contribution in [3.8, 4) is 5.75 Å². The Bertz CT molecular complexity index is 1290. The number of nitrogens with two attached hydrogens (primary N) is 2. The summed E-state index contributed by atoms with van der Waals surface area (Å²) < 4.78 is 14.4. The monoisotopic (exact) mass is 489 g/mol. The quantitative estimate of drug-likeness (QED) is 0.325. The van der Waals surface area contributed by atoms with Crippen molar-refractivity contribution >= 4 is 23.2 Å². The molecule has 10 nitrogen and oxygen atoms in total. The minimum atomic E-state index is -2.82. The van der Waals surface area contributed by atoms with E-state index in [9.17, 15) is 39.2 Å². The van der Waals surface area contributed by atoms with Gasteiger partial charge in [-0.15, -0.1) is 0 Å². The van der Waals surface area contributed by atoms with Gasteiger partial charge in [-0.25, -0.2) is 4.39 Å². The van der Waals surface area contributed by atoms with Gasteiger partial charge in [0.05, 0.1) is 11.6 Å². The van der Waals surface area contributed by atoms with E-state index in [-0.39, 0.29) is 30.5 Å². The first-order valence-electron chi connectivity index (χ1n) is 11.0. The summed E-state index contributed by atoms with van der Waals surface area (Å²) in [5.74, 6) is -7.26. The van der Waals surface area contributed by atoms with E-state index in [0.29, 0.717) is 11.1 Å². The van der Waals surface area contributed by atoms with Gasteiger partial charge >= 0.3 is 0 Å². The Morgan fingerprint density at radius 2 is 1.83 bits per heavy atom. The highest BCUT2D eigenvalue weighted by Crippen LogP contribution is 2.63. The first kappa shape index (κ1) is 24.8. The fourth-order valence-electron chi connectivity index (χ4n) is 6.61. The van der Waals surface area contributed by atoms with Crippen molar-refractivity contribution in [3.05, 3.63) is 45.5 Å². The van der Waals surface area contributed by atoms with Crippen LogP contribution >= 0.6 is 0 Å². The van der Waals surface area contributed by atoms with Gasteiger partial charge in [0.15, 0.2) is 23.0 Å². The van der Waals surface area contributed by atoms with Gasteiger partial charge in [-0.1, -0.05) is 13.8 Å². The lowest BCUT2D eigenvalue weighted by atomic mass is 9.46. The Kier molecular flexibility index (Phi) is 5.22. The average Bonchev–Trinajstić information content (AvgIpc) is 2.72. The second-order valence-corrected chi connectivity index (χ2v) is 10.3. The second kappa shape index (κ2) is 7.36. The maximum absolute atomic E-state index is 14.4. The molecule has 1 fully saturated rings. The highest BCUT2D eigenvalue weighted by atomic mass is 19.1. The molecule has 1 saturated carbocycles. The number of hydrogen-bond acceptors (Lipinski definition) is 9. The molecule has 0 heterocycles. The van der Waals surface area contributed by atoms with Crippen molar-refractivity contribution < 1.29 is 39.2 Å². The molecule has 11 heteroatoms. The van der Waals surface area contributed by atoms with E-state index in [0.717, 1.165) is 6.07 Å². The van der Waals surface area contributed by atoms with Crippen molar-refractivity contribution in [1.82, 2.24) is 4.90 Å². The summed E-state index contributed by atoms with van der Waals surface area (Å²) in [5, 5.41) is 44.4. The van der Waals surface area contributed by atoms with Gasteiger partial charge in [-0.05, 0) is 44.1 Å². The van der Waals surface area contributed by atoms with E-state index in [1.807, 2.05) is 0 Å². The van der Waals surface area contributed by atoms with E-state index in [1.54, 1.807) is 6.92 Å². The van der Waals surface area contributed by atoms with Gasteiger partial charge in [-0.3, -0.25) is 19.3 Å².